The average molecular weight is 361 g/mol. The lowest BCUT2D eigenvalue weighted by Crippen LogP contribution is -2.50. The third-order valence-corrected chi connectivity index (χ3v) is 6.55. The van der Waals surface area contributed by atoms with Gasteiger partial charge in [-0.2, -0.15) is 0 Å². The topological polar surface area (TPSA) is 56.7 Å². The van der Waals surface area contributed by atoms with Crippen molar-refractivity contribution in [2.24, 2.45) is 5.41 Å². The van der Waals surface area contributed by atoms with Gasteiger partial charge in [0.1, 0.15) is 11.6 Å². The molecule has 1 amide bonds. The quantitative estimate of drug-likeness (QED) is 0.880. The number of amides is 1. The first-order valence-electron chi connectivity index (χ1n) is 9.85. The van der Waals surface area contributed by atoms with E-state index in [1.807, 2.05) is 6.92 Å². The van der Waals surface area contributed by atoms with E-state index in [1.54, 1.807) is 0 Å². The van der Waals surface area contributed by atoms with E-state index in [0.29, 0.717) is 6.54 Å². The van der Waals surface area contributed by atoms with Crippen LogP contribution in [0.1, 0.15) is 50.5 Å². The number of aromatic nitrogens is 1. The van der Waals surface area contributed by atoms with Crippen molar-refractivity contribution in [3.63, 3.8) is 0 Å². The Kier molecular flexibility index (Phi) is 4.63. The standard InChI is InChI=1S/C20H28FN3O2/c1-14-11-15(21)12-22-18(14)23-9-2-7-20(13-23)8-10-24(19(20)26)16-3-5-17(25)6-4-16/h11-12,16-17,25H,2-10,13H2,1H3/t16?,17?,20-/m0/s1. The van der Waals surface area contributed by atoms with Crippen molar-refractivity contribution in [1.29, 1.82) is 0 Å². The first-order valence-corrected chi connectivity index (χ1v) is 9.85. The van der Waals surface area contributed by atoms with Gasteiger partial charge in [0, 0.05) is 25.7 Å². The summed E-state index contributed by atoms with van der Waals surface area (Å²) in [6.07, 6.45) is 7.25. The Hall–Kier alpha value is -1.69. The number of carbonyl (C=O) groups is 1. The minimum atomic E-state index is -0.323. The fourth-order valence-electron chi connectivity index (χ4n) is 5.12. The number of pyridine rings is 1. The molecule has 1 aromatic rings. The van der Waals surface area contributed by atoms with Crippen LogP contribution in [0.5, 0.6) is 0 Å². The summed E-state index contributed by atoms with van der Waals surface area (Å²) in [6.45, 7) is 4.24. The number of aliphatic hydroxyl groups is 1. The summed E-state index contributed by atoms with van der Waals surface area (Å²) < 4.78 is 13.4. The van der Waals surface area contributed by atoms with Gasteiger partial charge in [0.2, 0.25) is 5.91 Å². The molecule has 3 aliphatic rings. The van der Waals surface area contributed by atoms with E-state index < -0.39 is 0 Å². The summed E-state index contributed by atoms with van der Waals surface area (Å²) in [5, 5.41) is 9.74. The lowest BCUT2D eigenvalue weighted by atomic mass is 9.78. The molecule has 5 nitrogen and oxygen atoms in total. The Morgan fingerprint density at radius 3 is 2.73 bits per heavy atom. The maximum atomic E-state index is 13.4. The first-order chi connectivity index (χ1) is 12.5. The van der Waals surface area contributed by atoms with Crippen molar-refractivity contribution in [1.82, 2.24) is 9.88 Å². The molecule has 26 heavy (non-hydrogen) atoms. The molecule has 142 valence electrons. The first kappa shape index (κ1) is 17.7. The van der Waals surface area contributed by atoms with E-state index in [1.165, 1.54) is 12.3 Å². The number of carbonyl (C=O) groups excluding carboxylic acids is 1. The second kappa shape index (κ2) is 6.80. The summed E-state index contributed by atoms with van der Waals surface area (Å²) in [5.74, 6) is 0.765. The molecule has 4 rings (SSSR count). The fraction of sp³-hybridized carbons (Fsp3) is 0.700. The van der Waals surface area contributed by atoms with Gasteiger partial charge >= 0.3 is 0 Å². The molecular weight excluding hydrogens is 333 g/mol. The zero-order valence-electron chi connectivity index (χ0n) is 15.5. The van der Waals surface area contributed by atoms with Crippen molar-refractivity contribution in [2.75, 3.05) is 24.5 Å². The van der Waals surface area contributed by atoms with E-state index >= 15 is 0 Å². The number of aryl methyl sites for hydroxylation is 1. The number of hydrogen-bond donors (Lipinski definition) is 1. The third-order valence-electron chi connectivity index (χ3n) is 6.55. The highest BCUT2D eigenvalue weighted by molar-refractivity contribution is 5.86. The van der Waals surface area contributed by atoms with Crippen LogP contribution in [0.15, 0.2) is 12.3 Å². The largest absolute Gasteiger partial charge is 0.393 e. The summed E-state index contributed by atoms with van der Waals surface area (Å²) in [4.78, 5) is 21.9. The SMILES string of the molecule is Cc1cc(F)cnc1N1CCC[C@]2(CCN(C3CCC(O)CC3)C2=O)C1. The summed E-state index contributed by atoms with van der Waals surface area (Å²) in [6, 6.07) is 1.80. The molecule has 0 bridgehead atoms. The van der Waals surface area contributed by atoms with Crippen LogP contribution in [0.25, 0.3) is 0 Å². The molecular formula is C20H28FN3O2. The molecule has 1 aromatic heterocycles. The molecule has 1 saturated carbocycles. The van der Waals surface area contributed by atoms with Gasteiger partial charge in [-0.15, -0.1) is 0 Å². The number of anilines is 1. The van der Waals surface area contributed by atoms with E-state index in [0.717, 1.165) is 69.4 Å². The van der Waals surface area contributed by atoms with Crippen molar-refractivity contribution in [2.45, 2.75) is 64.0 Å². The predicted molar refractivity (Wildman–Crippen MR) is 97.4 cm³/mol. The summed E-state index contributed by atoms with van der Waals surface area (Å²) in [7, 11) is 0. The monoisotopic (exact) mass is 361 g/mol. The summed E-state index contributed by atoms with van der Waals surface area (Å²) in [5.41, 5.74) is 0.502. The molecule has 6 heteroatoms. The molecule has 0 aromatic carbocycles. The maximum absolute atomic E-state index is 13.4. The van der Waals surface area contributed by atoms with Crippen LogP contribution in [0, 0.1) is 18.2 Å². The number of hydrogen-bond acceptors (Lipinski definition) is 4. The number of nitrogens with zero attached hydrogens (tertiary/aromatic N) is 3. The van der Waals surface area contributed by atoms with Crippen LogP contribution in [0.2, 0.25) is 0 Å². The highest BCUT2D eigenvalue weighted by Crippen LogP contribution is 2.43. The van der Waals surface area contributed by atoms with Crippen molar-refractivity contribution in [3.05, 3.63) is 23.6 Å². The third kappa shape index (κ3) is 3.08. The highest BCUT2D eigenvalue weighted by atomic mass is 19.1. The fourth-order valence-corrected chi connectivity index (χ4v) is 5.12. The molecule has 1 atom stereocenters. The zero-order valence-corrected chi connectivity index (χ0v) is 15.5. The zero-order chi connectivity index (χ0) is 18.3. The van der Waals surface area contributed by atoms with E-state index in [-0.39, 0.29) is 29.3 Å². The van der Waals surface area contributed by atoms with Crippen LogP contribution in [0.3, 0.4) is 0 Å². The second-order valence-corrected chi connectivity index (χ2v) is 8.31. The Balaban J connectivity index is 1.50. The molecule has 3 heterocycles. The van der Waals surface area contributed by atoms with Gasteiger partial charge in [0.15, 0.2) is 0 Å². The van der Waals surface area contributed by atoms with Crippen molar-refractivity contribution < 1.29 is 14.3 Å². The Labute approximate surface area is 154 Å². The van der Waals surface area contributed by atoms with Gasteiger partial charge in [0.05, 0.1) is 17.7 Å². The van der Waals surface area contributed by atoms with Crippen LogP contribution >= 0.6 is 0 Å². The smallest absolute Gasteiger partial charge is 0.230 e. The van der Waals surface area contributed by atoms with Gasteiger partial charge in [-0.3, -0.25) is 4.79 Å². The molecule has 0 radical (unpaired) electrons. The van der Waals surface area contributed by atoms with Gasteiger partial charge in [-0.05, 0) is 63.5 Å². The summed E-state index contributed by atoms with van der Waals surface area (Å²) >= 11 is 0. The van der Waals surface area contributed by atoms with Crippen LogP contribution in [-0.4, -0.2) is 52.7 Å². The van der Waals surface area contributed by atoms with Gasteiger partial charge in [-0.1, -0.05) is 0 Å². The predicted octanol–water partition coefficient (Wildman–Crippen LogP) is 2.65. The maximum Gasteiger partial charge on any atom is 0.230 e. The molecule has 2 aliphatic heterocycles. The van der Waals surface area contributed by atoms with E-state index in [4.69, 9.17) is 0 Å². The molecule has 1 spiro atoms. The number of rotatable bonds is 2. The van der Waals surface area contributed by atoms with Gasteiger partial charge in [0.25, 0.3) is 0 Å². The number of aliphatic hydroxyl groups excluding tert-OH is 1. The van der Waals surface area contributed by atoms with E-state index in [9.17, 15) is 14.3 Å². The van der Waals surface area contributed by atoms with Crippen molar-refractivity contribution in [3.8, 4) is 0 Å². The average Bonchev–Trinajstić information content (AvgIpc) is 2.92. The van der Waals surface area contributed by atoms with Crippen LogP contribution < -0.4 is 4.90 Å². The highest BCUT2D eigenvalue weighted by Gasteiger charge is 2.50. The Bertz CT molecular complexity index is 690. The lowest BCUT2D eigenvalue weighted by molar-refractivity contribution is -0.139. The van der Waals surface area contributed by atoms with Crippen molar-refractivity contribution >= 4 is 11.7 Å². The molecule has 2 saturated heterocycles. The second-order valence-electron chi connectivity index (χ2n) is 8.31. The Morgan fingerprint density at radius 2 is 2.00 bits per heavy atom. The lowest BCUT2D eigenvalue weighted by Gasteiger charge is -2.41. The molecule has 0 unspecified atom stereocenters. The number of halogens is 1. The molecule has 3 fully saturated rings. The molecule has 1 N–H and O–H groups in total. The minimum absolute atomic E-state index is 0.199. The molecule has 1 aliphatic carbocycles. The normalized spacial score (nSPS) is 32.5. The Morgan fingerprint density at radius 1 is 1.23 bits per heavy atom. The van der Waals surface area contributed by atoms with Gasteiger partial charge < -0.3 is 14.9 Å². The van der Waals surface area contributed by atoms with E-state index in [2.05, 4.69) is 14.8 Å². The number of piperidine rings is 1. The van der Waals surface area contributed by atoms with Crippen LogP contribution in [-0.2, 0) is 4.79 Å². The number of likely N-dealkylation sites (tertiary alicyclic amines) is 1. The van der Waals surface area contributed by atoms with Gasteiger partial charge in [-0.25, -0.2) is 9.37 Å². The minimum Gasteiger partial charge on any atom is -0.393 e. The van der Waals surface area contributed by atoms with Crippen LogP contribution in [0.4, 0.5) is 10.2 Å².